The monoisotopic (exact) mass is 306 g/mol. The maximum Gasteiger partial charge on any atom is 0.118 e. The SMILES string of the molecule is COc1ccc(-c2csc(CCN)n2)cc1.Cl.Cl. The zero-order valence-electron chi connectivity index (χ0n) is 9.96. The fraction of sp³-hybridized carbons (Fsp3) is 0.250. The van der Waals surface area contributed by atoms with E-state index in [0.717, 1.165) is 28.4 Å². The summed E-state index contributed by atoms with van der Waals surface area (Å²) >= 11 is 1.66. The number of benzene rings is 1. The number of halogens is 2. The molecule has 0 bridgehead atoms. The van der Waals surface area contributed by atoms with Crippen molar-refractivity contribution in [2.45, 2.75) is 6.42 Å². The van der Waals surface area contributed by atoms with E-state index in [2.05, 4.69) is 10.4 Å². The van der Waals surface area contributed by atoms with Gasteiger partial charge in [0.1, 0.15) is 5.75 Å². The summed E-state index contributed by atoms with van der Waals surface area (Å²) < 4.78 is 5.11. The molecule has 1 aromatic heterocycles. The standard InChI is InChI=1S/C12H14N2OS.2ClH/c1-15-10-4-2-9(3-5-10)11-8-16-12(14-11)6-7-13;;/h2-5,8H,6-7,13H2,1H3;2*1H. The van der Waals surface area contributed by atoms with Crippen LogP contribution in [-0.4, -0.2) is 18.6 Å². The van der Waals surface area contributed by atoms with Gasteiger partial charge in [0.15, 0.2) is 0 Å². The second kappa shape index (κ2) is 8.32. The molecule has 2 rings (SSSR count). The smallest absolute Gasteiger partial charge is 0.118 e. The molecule has 100 valence electrons. The largest absolute Gasteiger partial charge is 0.497 e. The van der Waals surface area contributed by atoms with Crippen molar-refractivity contribution in [3.63, 3.8) is 0 Å². The van der Waals surface area contributed by atoms with Crippen molar-refractivity contribution in [2.75, 3.05) is 13.7 Å². The van der Waals surface area contributed by atoms with Gasteiger partial charge in [0.25, 0.3) is 0 Å². The van der Waals surface area contributed by atoms with Gasteiger partial charge in [0, 0.05) is 17.4 Å². The zero-order chi connectivity index (χ0) is 11.4. The highest BCUT2D eigenvalue weighted by Crippen LogP contribution is 2.24. The van der Waals surface area contributed by atoms with Crippen LogP contribution in [0, 0.1) is 0 Å². The fourth-order valence-electron chi connectivity index (χ4n) is 1.44. The van der Waals surface area contributed by atoms with Gasteiger partial charge in [-0.3, -0.25) is 0 Å². The van der Waals surface area contributed by atoms with Crippen LogP contribution >= 0.6 is 36.2 Å². The molecule has 1 heterocycles. The van der Waals surface area contributed by atoms with Gasteiger partial charge in [-0.15, -0.1) is 36.2 Å². The summed E-state index contributed by atoms with van der Waals surface area (Å²) in [4.78, 5) is 4.52. The molecule has 0 fully saturated rings. The Labute approximate surface area is 123 Å². The summed E-state index contributed by atoms with van der Waals surface area (Å²) in [7, 11) is 1.66. The van der Waals surface area contributed by atoms with Crippen LogP contribution in [0.15, 0.2) is 29.6 Å². The summed E-state index contributed by atoms with van der Waals surface area (Å²) in [5.74, 6) is 0.862. The third-order valence-electron chi connectivity index (χ3n) is 2.30. The minimum Gasteiger partial charge on any atom is -0.497 e. The van der Waals surface area contributed by atoms with E-state index in [0.29, 0.717) is 6.54 Å². The van der Waals surface area contributed by atoms with Gasteiger partial charge in [-0.25, -0.2) is 4.98 Å². The molecule has 0 radical (unpaired) electrons. The molecule has 0 aliphatic carbocycles. The van der Waals surface area contributed by atoms with Crippen LogP contribution in [0.5, 0.6) is 5.75 Å². The van der Waals surface area contributed by atoms with E-state index in [1.165, 1.54) is 0 Å². The van der Waals surface area contributed by atoms with Gasteiger partial charge in [0.05, 0.1) is 17.8 Å². The van der Waals surface area contributed by atoms with Crippen LogP contribution in [0.4, 0.5) is 0 Å². The summed E-state index contributed by atoms with van der Waals surface area (Å²) in [6.45, 7) is 0.648. The van der Waals surface area contributed by atoms with Crippen molar-refractivity contribution in [1.29, 1.82) is 0 Å². The highest BCUT2D eigenvalue weighted by Gasteiger charge is 2.03. The second-order valence-electron chi connectivity index (χ2n) is 3.39. The lowest BCUT2D eigenvalue weighted by Crippen LogP contribution is -2.01. The number of nitrogens with two attached hydrogens (primary N) is 1. The van der Waals surface area contributed by atoms with Gasteiger partial charge in [-0.1, -0.05) is 0 Å². The molecular formula is C12H16Cl2N2OS. The van der Waals surface area contributed by atoms with Crippen molar-refractivity contribution in [1.82, 2.24) is 4.98 Å². The Balaban J connectivity index is 0.00000144. The molecule has 0 saturated heterocycles. The van der Waals surface area contributed by atoms with E-state index >= 15 is 0 Å². The van der Waals surface area contributed by atoms with Crippen LogP contribution in [0.1, 0.15) is 5.01 Å². The third-order valence-corrected chi connectivity index (χ3v) is 3.20. The first-order chi connectivity index (χ1) is 7.83. The minimum atomic E-state index is 0. The Morgan fingerprint density at radius 1 is 1.22 bits per heavy atom. The van der Waals surface area contributed by atoms with Gasteiger partial charge >= 0.3 is 0 Å². The molecule has 0 aliphatic heterocycles. The highest BCUT2D eigenvalue weighted by atomic mass is 35.5. The topological polar surface area (TPSA) is 48.1 Å². The van der Waals surface area contributed by atoms with E-state index in [-0.39, 0.29) is 24.8 Å². The van der Waals surface area contributed by atoms with Gasteiger partial charge in [0.2, 0.25) is 0 Å². The quantitative estimate of drug-likeness (QED) is 0.944. The summed E-state index contributed by atoms with van der Waals surface area (Å²) in [6.07, 6.45) is 0.848. The molecule has 0 amide bonds. The average Bonchev–Trinajstić information content (AvgIpc) is 2.78. The Morgan fingerprint density at radius 2 is 1.89 bits per heavy atom. The first kappa shape index (κ1) is 17.2. The van der Waals surface area contributed by atoms with Crippen LogP contribution in [-0.2, 0) is 6.42 Å². The molecule has 1 aromatic carbocycles. The number of methoxy groups -OCH3 is 1. The van der Waals surface area contributed by atoms with Crippen LogP contribution in [0.25, 0.3) is 11.3 Å². The predicted molar refractivity (Wildman–Crippen MR) is 81.4 cm³/mol. The number of thiazole rings is 1. The van der Waals surface area contributed by atoms with E-state index in [9.17, 15) is 0 Å². The Kier molecular flexibility index (Phi) is 7.95. The lowest BCUT2D eigenvalue weighted by molar-refractivity contribution is 0.415. The van der Waals surface area contributed by atoms with Gasteiger partial charge in [-0.2, -0.15) is 0 Å². The maximum absolute atomic E-state index is 5.50. The Bertz CT molecular complexity index is 459. The number of hydrogen-bond donors (Lipinski definition) is 1. The highest BCUT2D eigenvalue weighted by molar-refractivity contribution is 7.09. The van der Waals surface area contributed by atoms with Crippen LogP contribution in [0.3, 0.4) is 0 Å². The van der Waals surface area contributed by atoms with E-state index < -0.39 is 0 Å². The lowest BCUT2D eigenvalue weighted by atomic mass is 10.2. The van der Waals surface area contributed by atoms with Crippen LogP contribution < -0.4 is 10.5 Å². The normalized spacial score (nSPS) is 9.22. The average molecular weight is 307 g/mol. The van der Waals surface area contributed by atoms with Crippen molar-refractivity contribution in [3.8, 4) is 17.0 Å². The summed E-state index contributed by atoms with van der Waals surface area (Å²) in [5.41, 5.74) is 7.62. The van der Waals surface area contributed by atoms with E-state index in [1.807, 2.05) is 24.3 Å². The predicted octanol–water partition coefficient (Wildman–Crippen LogP) is 3.16. The third kappa shape index (κ3) is 4.14. The second-order valence-corrected chi connectivity index (χ2v) is 4.34. The van der Waals surface area contributed by atoms with Crippen molar-refractivity contribution in [3.05, 3.63) is 34.7 Å². The molecule has 0 aliphatic rings. The van der Waals surface area contributed by atoms with Crippen LogP contribution in [0.2, 0.25) is 0 Å². The van der Waals surface area contributed by atoms with Crippen molar-refractivity contribution < 1.29 is 4.74 Å². The molecule has 18 heavy (non-hydrogen) atoms. The first-order valence-electron chi connectivity index (χ1n) is 5.12. The van der Waals surface area contributed by atoms with Gasteiger partial charge in [-0.05, 0) is 30.8 Å². The van der Waals surface area contributed by atoms with Gasteiger partial charge < -0.3 is 10.5 Å². The molecule has 0 spiro atoms. The van der Waals surface area contributed by atoms with E-state index in [4.69, 9.17) is 10.5 Å². The van der Waals surface area contributed by atoms with E-state index in [1.54, 1.807) is 18.4 Å². The summed E-state index contributed by atoms with van der Waals surface area (Å²) in [6, 6.07) is 7.91. The fourth-order valence-corrected chi connectivity index (χ4v) is 2.27. The Hall–Kier alpha value is -0.810. The molecule has 6 heteroatoms. The van der Waals surface area contributed by atoms with Crippen molar-refractivity contribution in [2.24, 2.45) is 5.73 Å². The maximum atomic E-state index is 5.50. The Morgan fingerprint density at radius 3 is 2.44 bits per heavy atom. The summed E-state index contributed by atoms with van der Waals surface area (Å²) in [5, 5.41) is 3.15. The number of ether oxygens (including phenoxy) is 1. The molecule has 0 unspecified atom stereocenters. The molecule has 2 N–H and O–H groups in total. The zero-order valence-corrected chi connectivity index (χ0v) is 12.4. The molecule has 0 atom stereocenters. The first-order valence-corrected chi connectivity index (χ1v) is 6.00. The number of aromatic nitrogens is 1. The minimum absolute atomic E-state index is 0. The molecule has 3 nitrogen and oxygen atoms in total. The molecular weight excluding hydrogens is 291 g/mol. The molecule has 0 saturated carbocycles. The number of rotatable bonds is 4. The number of hydrogen-bond acceptors (Lipinski definition) is 4. The number of nitrogens with zero attached hydrogens (tertiary/aromatic N) is 1. The van der Waals surface area contributed by atoms with Crippen molar-refractivity contribution >= 4 is 36.2 Å². The lowest BCUT2D eigenvalue weighted by Gasteiger charge is -2.00. The molecule has 2 aromatic rings.